The van der Waals surface area contributed by atoms with E-state index in [0.717, 1.165) is 29.9 Å². The minimum Gasteiger partial charge on any atom is -0.350 e. The Bertz CT molecular complexity index is 409. The lowest BCUT2D eigenvalue weighted by Gasteiger charge is -2.19. The smallest absolute Gasteiger partial charge is 0.304 e. The van der Waals surface area contributed by atoms with Crippen molar-refractivity contribution in [3.63, 3.8) is 0 Å². The Morgan fingerprint density at radius 2 is 2.24 bits per heavy atom. The molecule has 2 N–H and O–H groups in total. The van der Waals surface area contributed by atoms with Crippen LogP contribution in [0.4, 0.5) is 0 Å². The van der Waals surface area contributed by atoms with E-state index in [1.807, 2.05) is 0 Å². The van der Waals surface area contributed by atoms with E-state index in [9.17, 15) is 9.59 Å². The van der Waals surface area contributed by atoms with Crippen LogP contribution in [0.5, 0.6) is 0 Å². The molecule has 0 bridgehead atoms. The fraction of sp³-hybridized carbons (Fsp3) is 0.667. The number of nitrogens with one attached hydrogen (secondary N) is 2. The maximum atomic E-state index is 12.0. The molecule has 1 heterocycles. The summed E-state index contributed by atoms with van der Waals surface area (Å²) in [6, 6.07) is 0. The molecule has 4 nitrogen and oxygen atoms in total. The van der Waals surface area contributed by atoms with Gasteiger partial charge in [0, 0.05) is 17.0 Å². The van der Waals surface area contributed by atoms with Crippen LogP contribution in [-0.2, 0) is 11.3 Å². The number of carbonyl (C=O) groups is 1. The zero-order chi connectivity index (χ0) is 12.8. The number of rotatable bonds is 6. The van der Waals surface area contributed by atoms with E-state index in [1.165, 1.54) is 0 Å². The van der Waals surface area contributed by atoms with Crippen molar-refractivity contribution in [2.75, 3.05) is 0 Å². The summed E-state index contributed by atoms with van der Waals surface area (Å²) in [6.45, 7) is 6.61. The van der Waals surface area contributed by atoms with Gasteiger partial charge in [-0.15, -0.1) is 0 Å². The summed E-state index contributed by atoms with van der Waals surface area (Å²) in [5, 5.41) is 4.62. The monoisotopic (exact) mass is 256 g/mol. The van der Waals surface area contributed by atoms with E-state index in [4.69, 9.17) is 0 Å². The Balaban J connectivity index is 2.49. The average Bonchev–Trinajstić information content (AvgIpc) is 2.68. The average molecular weight is 256 g/mol. The van der Waals surface area contributed by atoms with Crippen LogP contribution in [0.3, 0.4) is 0 Å². The van der Waals surface area contributed by atoms with Crippen LogP contribution in [0.1, 0.15) is 39.3 Å². The van der Waals surface area contributed by atoms with Crippen LogP contribution < -0.4 is 10.2 Å². The number of aromatic nitrogens is 1. The summed E-state index contributed by atoms with van der Waals surface area (Å²) < 4.78 is 0. The molecule has 0 aliphatic rings. The van der Waals surface area contributed by atoms with Gasteiger partial charge in [-0.25, -0.2) is 0 Å². The standard InChI is InChI=1S/C12H20N2O2S/c1-4-5-10(8(2)3)11(15)13-6-9-7-17-12(16)14-9/h7-8,10H,4-6H2,1-3H3,(H,13,15)(H,14,16). The molecule has 0 fully saturated rings. The summed E-state index contributed by atoms with van der Waals surface area (Å²) in [4.78, 5) is 25.5. The molecule has 0 aliphatic heterocycles. The number of thiazole rings is 1. The highest BCUT2D eigenvalue weighted by Crippen LogP contribution is 2.17. The second kappa shape index (κ2) is 6.59. The van der Waals surface area contributed by atoms with Crippen LogP contribution in [0, 0.1) is 11.8 Å². The second-order valence-corrected chi connectivity index (χ2v) is 5.37. The predicted octanol–water partition coefficient (Wildman–Crippen LogP) is 2.12. The molecule has 1 aromatic heterocycles. The molecule has 1 rings (SSSR count). The van der Waals surface area contributed by atoms with Gasteiger partial charge in [-0.1, -0.05) is 38.5 Å². The third-order valence-corrected chi connectivity index (χ3v) is 3.48. The van der Waals surface area contributed by atoms with E-state index in [-0.39, 0.29) is 16.7 Å². The molecule has 1 amide bonds. The fourth-order valence-corrected chi connectivity index (χ4v) is 2.37. The number of amides is 1. The van der Waals surface area contributed by atoms with Crippen molar-refractivity contribution < 1.29 is 4.79 Å². The summed E-state index contributed by atoms with van der Waals surface area (Å²) in [5.74, 6) is 0.482. The molecule has 0 spiro atoms. The van der Waals surface area contributed by atoms with Crippen molar-refractivity contribution >= 4 is 17.2 Å². The van der Waals surface area contributed by atoms with Crippen LogP contribution in [0.2, 0.25) is 0 Å². The molecule has 0 saturated carbocycles. The van der Waals surface area contributed by atoms with E-state index in [2.05, 4.69) is 31.1 Å². The van der Waals surface area contributed by atoms with Gasteiger partial charge in [0.1, 0.15) is 0 Å². The van der Waals surface area contributed by atoms with E-state index < -0.39 is 0 Å². The minimum absolute atomic E-state index is 0.0605. The maximum Gasteiger partial charge on any atom is 0.304 e. The van der Waals surface area contributed by atoms with Crippen molar-refractivity contribution in [1.82, 2.24) is 10.3 Å². The number of carbonyl (C=O) groups excluding carboxylic acids is 1. The molecule has 0 saturated heterocycles. The lowest BCUT2D eigenvalue weighted by molar-refractivity contribution is -0.126. The first-order valence-corrected chi connectivity index (χ1v) is 6.87. The third kappa shape index (κ3) is 4.34. The highest BCUT2D eigenvalue weighted by molar-refractivity contribution is 7.07. The Kier molecular flexibility index (Phi) is 5.41. The van der Waals surface area contributed by atoms with Crippen molar-refractivity contribution in [2.24, 2.45) is 11.8 Å². The molecule has 96 valence electrons. The summed E-state index contributed by atoms with van der Waals surface area (Å²) in [7, 11) is 0. The van der Waals surface area contributed by atoms with E-state index in [1.54, 1.807) is 5.38 Å². The lowest BCUT2D eigenvalue weighted by atomic mass is 9.90. The molecule has 1 aromatic rings. The van der Waals surface area contributed by atoms with Crippen molar-refractivity contribution in [1.29, 1.82) is 0 Å². The first-order chi connectivity index (χ1) is 8.04. The normalized spacial score (nSPS) is 12.7. The largest absolute Gasteiger partial charge is 0.350 e. The number of hydrogen-bond donors (Lipinski definition) is 2. The summed E-state index contributed by atoms with van der Waals surface area (Å²) in [5.41, 5.74) is 0.771. The lowest BCUT2D eigenvalue weighted by Crippen LogP contribution is -2.33. The summed E-state index contributed by atoms with van der Waals surface area (Å²) in [6.07, 6.45) is 1.91. The van der Waals surface area contributed by atoms with Crippen molar-refractivity contribution in [2.45, 2.75) is 40.2 Å². The Morgan fingerprint density at radius 1 is 1.53 bits per heavy atom. The fourth-order valence-electron chi connectivity index (χ4n) is 1.79. The third-order valence-electron chi connectivity index (χ3n) is 2.77. The number of aromatic amines is 1. The summed E-state index contributed by atoms with van der Waals surface area (Å²) >= 11 is 1.12. The first-order valence-electron chi connectivity index (χ1n) is 5.99. The molecular weight excluding hydrogens is 236 g/mol. The molecule has 0 radical (unpaired) electrons. The van der Waals surface area contributed by atoms with Crippen LogP contribution in [-0.4, -0.2) is 10.9 Å². The van der Waals surface area contributed by atoms with Crippen LogP contribution in [0.25, 0.3) is 0 Å². The van der Waals surface area contributed by atoms with Crippen LogP contribution >= 0.6 is 11.3 Å². The quantitative estimate of drug-likeness (QED) is 0.819. The Hall–Kier alpha value is -1.10. The highest BCUT2D eigenvalue weighted by Gasteiger charge is 2.20. The van der Waals surface area contributed by atoms with Gasteiger partial charge in [-0.2, -0.15) is 0 Å². The molecule has 5 heteroatoms. The van der Waals surface area contributed by atoms with Gasteiger partial charge >= 0.3 is 4.87 Å². The number of hydrogen-bond acceptors (Lipinski definition) is 3. The van der Waals surface area contributed by atoms with Crippen molar-refractivity contribution in [3.8, 4) is 0 Å². The maximum absolute atomic E-state index is 12.0. The van der Waals surface area contributed by atoms with Crippen LogP contribution in [0.15, 0.2) is 10.2 Å². The van der Waals surface area contributed by atoms with Crippen molar-refractivity contribution in [3.05, 3.63) is 20.7 Å². The van der Waals surface area contributed by atoms with Gasteiger partial charge < -0.3 is 10.3 Å². The van der Waals surface area contributed by atoms with Gasteiger partial charge in [0.2, 0.25) is 5.91 Å². The van der Waals surface area contributed by atoms with E-state index in [0.29, 0.717) is 12.5 Å². The second-order valence-electron chi connectivity index (χ2n) is 4.53. The minimum atomic E-state index is -0.0804. The van der Waals surface area contributed by atoms with Gasteiger partial charge in [0.05, 0.1) is 6.54 Å². The first kappa shape index (κ1) is 14.0. The zero-order valence-electron chi connectivity index (χ0n) is 10.6. The molecule has 0 aromatic carbocycles. The molecule has 0 aliphatic carbocycles. The topological polar surface area (TPSA) is 62.0 Å². The van der Waals surface area contributed by atoms with Gasteiger partial charge in [-0.05, 0) is 12.3 Å². The molecule has 17 heavy (non-hydrogen) atoms. The molecule has 1 unspecified atom stereocenters. The molecule has 1 atom stereocenters. The van der Waals surface area contributed by atoms with Gasteiger partial charge in [0.25, 0.3) is 0 Å². The van der Waals surface area contributed by atoms with Gasteiger partial charge in [0.15, 0.2) is 0 Å². The SMILES string of the molecule is CCCC(C(=O)NCc1csc(=O)[nH]1)C(C)C. The predicted molar refractivity (Wildman–Crippen MR) is 70.0 cm³/mol. The van der Waals surface area contributed by atoms with E-state index >= 15 is 0 Å². The number of H-pyrrole nitrogens is 1. The highest BCUT2D eigenvalue weighted by atomic mass is 32.1. The van der Waals surface area contributed by atoms with Gasteiger partial charge in [-0.3, -0.25) is 9.59 Å². The zero-order valence-corrected chi connectivity index (χ0v) is 11.4. The molecular formula is C12H20N2O2S. The Morgan fingerprint density at radius 3 is 2.71 bits per heavy atom. The Labute approximate surface area is 105 Å².